The van der Waals surface area contributed by atoms with Gasteiger partial charge in [0.25, 0.3) is 11.8 Å². The second-order valence-corrected chi connectivity index (χ2v) is 5.62. The molecular formula is C19H18N2O4. The van der Waals surface area contributed by atoms with Crippen LogP contribution in [0.5, 0.6) is 5.75 Å². The Kier molecular flexibility index (Phi) is 4.70. The average molecular weight is 338 g/mol. The van der Waals surface area contributed by atoms with Crippen LogP contribution in [-0.2, 0) is 4.79 Å². The molecule has 0 aliphatic heterocycles. The summed E-state index contributed by atoms with van der Waals surface area (Å²) < 4.78 is 11.1. The lowest BCUT2D eigenvalue weighted by atomic mass is 10.2. The van der Waals surface area contributed by atoms with Gasteiger partial charge < -0.3 is 20.2 Å². The molecule has 0 saturated carbocycles. The van der Waals surface area contributed by atoms with Crippen LogP contribution in [0.1, 0.15) is 29.1 Å². The summed E-state index contributed by atoms with van der Waals surface area (Å²) in [5.74, 6) is 0.00695. The number of hydrogen-bond donors (Lipinski definition) is 2. The number of primary amides is 1. The van der Waals surface area contributed by atoms with Crippen molar-refractivity contribution in [2.75, 3.05) is 6.61 Å². The van der Waals surface area contributed by atoms with Gasteiger partial charge in [0.1, 0.15) is 17.1 Å². The van der Waals surface area contributed by atoms with E-state index >= 15 is 0 Å². The van der Waals surface area contributed by atoms with Crippen LogP contribution in [0.3, 0.4) is 0 Å². The third-order valence-corrected chi connectivity index (χ3v) is 3.76. The predicted molar refractivity (Wildman–Crippen MR) is 93.2 cm³/mol. The SMILES string of the molecule is C[C@H](NC(=O)COc1ccccc1C(N)=O)c1cc2ccccc2o1. The molecule has 1 heterocycles. The minimum atomic E-state index is -0.605. The molecule has 6 heteroatoms. The number of rotatable bonds is 6. The molecule has 1 atom stereocenters. The van der Waals surface area contributed by atoms with E-state index in [1.807, 2.05) is 37.3 Å². The molecule has 2 amide bonds. The Balaban J connectivity index is 1.61. The third-order valence-electron chi connectivity index (χ3n) is 3.76. The standard InChI is InChI=1S/C19H18N2O4/c1-12(17-10-13-6-2-4-8-15(13)25-17)21-18(22)11-24-16-9-5-3-7-14(16)19(20)23/h2-10,12H,11H2,1H3,(H2,20,23)(H,21,22)/t12-/m0/s1. The molecule has 0 fully saturated rings. The van der Waals surface area contributed by atoms with Crippen LogP contribution in [0, 0.1) is 0 Å². The highest BCUT2D eigenvalue weighted by Gasteiger charge is 2.15. The van der Waals surface area contributed by atoms with Crippen LogP contribution in [0.4, 0.5) is 0 Å². The van der Waals surface area contributed by atoms with Gasteiger partial charge in [-0.25, -0.2) is 0 Å². The summed E-state index contributed by atoms with van der Waals surface area (Å²) in [6.45, 7) is 1.60. The van der Waals surface area contributed by atoms with Crippen molar-refractivity contribution < 1.29 is 18.7 Å². The molecule has 3 N–H and O–H groups in total. The van der Waals surface area contributed by atoms with E-state index in [2.05, 4.69) is 5.32 Å². The molecule has 0 saturated heterocycles. The second-order valence-electron chi connectivity index (χ2n) is 5.62. The number of para-hydroxylation sites is 2. The first-order chi connectivity index (χ1) is 12.0. The van der Waals surface area contributed by atoms with Crippen LogP contribution in [0.25, 0.3) is 11.0 Å². The molecule has 6 nitrogen and oxygen atoms in total. The van der Waals surface area contributed by atoms with Gasteiger partial charge in [-0.15, -0.1) is 0 Å². The molecule has 2 aromatic carbocycles. The number of amides is 2. The third kappa shape index (κ3) is 3.80. The molecule has 3 aromatic rings. The van der Waals surface area contributed by atoms with Crippen molar-refractivity contribution >= 4 is 22.8 Å². The van der Waals surface area contributed by atoms with Crippen molar-refractivity contribution in [1.82, 2.24) is 5.32 Å². The van der Waals surface area contributed by atoms with Gasteiger partial charge in [-0.05, 0) is 31.2 Å². The maximum Gasteiger partial charge on any atom is 0.258 e. The van der Waals surface area contributed by atoms with Crippen LogP contribution < -0.4 is 15.8 Å². The summed E-state index contributed by atoms with van der Waals surface area (Å²) in [5.41, 5.74) is 6.29. The monoisotopic (exact) mass is 338 g/mol. The summed E-state index contributed by atoms with van der Waals surface area (Å²) in [7, 11) is 0. The Bertz CT molecular complexity index is 883. The van der Waals surface area contributed by atoms with Crippen LogP contribution in [0.15, 0.2) is 59.0 Å². The van der Waals surface area contributed by atoms with Gasteiger partial charge in [0, 0.05) is 5.39 Å². The zero-order valence-corrected chi connectivity index (χ0v) is 13.7. The first-order valence-corrected chi connectivity index (χ1v) is 7.84. The van der Waals surface area contributed by atoms with Crippen molar-refractivity contribution in [2.24, 2.45) is 5.73 Å². The Hall–Kier alpha value is -3.28. The van der Waals surface area contributed by atoms with E-state index in [1.54, 1.807) is 24.3 Å². The minimum absolute atomic E-state index is 0.227. The highest BCUT2D eigenvalue weighted by molar-refractivity contribution is 5.95. The van der Waals surface area contributed by atoms with E-state index in [0.717, 1.165) is 11.0 Å². The van der Waals surface area contributed by atoms with Crippen LogP contribution >= 0.6 is 0 Å². The molecule has 0 aliphatic carbocycles. The smallest absolute Gasteiger partial charge is 0.258 e. The summed E-state index contributed by atoms with van der Waals surface area (Å²) in [6.07, 6.45) is 0. The molecule has 3 rings (SSSR count). The molecule has 0 unspecified atom stereocenters. The first kappa shape index (κ1) is 16.6. The van der Waals surface area contributed by atoms with Gasteiger partial charge in [-0.1, -0.05) is 30.3 Å². The van der Waals surface area contributed by atoms with E-state index in [0.29, 0.717) is 5.76 Å². The Morgan fingerprint density at radius 1 is 1.16 bits per heavy atom. The zero-order chi connectivity index (χ0) is 17.8. The fraction of sp³-hybridized carbons (Fsp3) is 0.158. The highest BCUT2D eigenvalue weighted by Crippen LogP contribution is 2.23. The quantitative estimate of drug-likeness (QED) is 0.722. The lowest BCUT2D eigenvalue weighted by molar-refractivity contribution is -0.123. The Labute approximate surface area is 144 Å². The number of nitrogens with one attached hydrogen (secondary N) is 1. The van der Waals surface area contributed by atoms with Gasteiger partial charge >= 0.3 is 0 Å². The predicted octanol–water partition coefficient (Wildman–Crippen LogP) is 2.79. The number of nitrogens with two attached hydrogens (primary N) is 1. The number of furan rings is 1. The minimum Gasteiger partial charge on any atom is -0.483 e. The molecule has 0 radical (unpaired) electrons. The number of hydrogen-bond acceptors (Lipinski definition) is 4. The van der Waals surface area contributed by atoms with Gasteiger partial charge in [0.2, 0.25) is 0 Å². The fourth-order valence-electron chi connectivity index (χ4n) is 2.51. The lowest BCUT2D eigenvalue weighted by Crippen LogP contribution is -2.31. The van der Waals surface area contributed by atoms with Crippen molar-refractivity contribution in [3.05, 3.63) is 65.9 Å². The maximum atomic E-state index is 12.1. The van der Waals surface area contributed by atoms with E-state index in [9.17, 15) is 9.59 Å². The molecule has 0 aliphatic rings. The molecular weight excluding hydrogens is 320 g/mol. The van der Waals surface area contributed by atoms with E-state index in [1.165, 1.54) is 0 Å². The fourth-order valence-corrected chi connectivity index (χ4v) is 2.51. The van der Waals surface area contributed by atoms with E-state index < -0.39 is 5.91 Å². The highest BCUT2D eigenvalue weighted by atomic mass is 16.5. The van der Waals surface area contributed by atoms with E-state index in [4.69, 9.17) is 14.9 Å². The normalized spacial score (nSPS) is 11.9. The molecule has 128 valence electrons. The van der Waals surface area contributed by atoms with Crippen molar-refractivity contribution in [3.63, 3.8) is 0 Å². The number of benzene rings is 2. The number of carbonyl (C=O) groups excluding carboxylic acids is 2. The van der Waals surface area contributed by atoms with Crippen LogP contribution in [0.2, 0.25) is 0 Å². The van der Waals surface area contributed by atoms with Crippen molar-refractivity contribution in [3.8, 4) is 5.75 Å². The lowest BCUT2D eigenvalue weighted by Gasteiger charge is -2.13. The van der Waals surface area contributed by atoms with Gasteiger partial charge in [0.15, 0.2) is 6.61 Å². The molecule has 0 bridgehead atoms. The second kappa shape index (κ2) is 7.09. The number of carbonyl (C=O) groups is 2. The zero-order valence-electron chi connectivity index (χ0n) is 13.7. The number of fused-ring (bicyclic) bond motifs is 1. The van der Waals surface area contributed by atoms with Crippen molar-refractivity contribution in [1.29, 1.82) is 0 Å². The summed E-state index contributed by atoms with van der Waals surface area (Å²) in [4.78, 5) is 23.4. The summed E-state index contributed by atoms with van der Waals surface area (Å²) in [5, 5.41) is 3.78. The maximum absolute atomic E-state index is 12.1. The van der Waals surface area contributed by atoms with Crippen molar-refractivity contribution in [2.45, 2.75) is 13.0 Å². The largest absolute Gasteiger partial charge is 0.483 e. The van der Waals surface area contributed by atoms with Crippen LogP contribution in [-0.4, -0.2) is 18.4 Å². The molecule has 0 spiro atoms. The van der Waals surface area contributed by atoms with E-state index in [-0.39, 0.29) is 29.9 Å². The summed E-state index contributed by atoms with van der Waals surface area (Å²) in [6, 6.07) is 15.7. The van der Waals surface area contributed by atoms with Gasteiger partial charge in [-0.3, -0.25) is 9.59 Å². The number of ether oxygens (including phenoxy) is 1. The molecule has 25 heavy (non-hydrogen) atoms. The first-order valence-electron chi connectivity index (χ1n) is 7.84. The summed E-state index contributed by atoms with van der Waals surface area (Å²) >= 11 is 0. The van der Waals surface area contributed by atoms with Gasteiger partial charge in [-0.2, -0.15) is 0 Å². The van der Waals surface area contributed by atoms with Gasteiger partial charge in [0.05, 0.1) is 11.6 Å². The Morgan fingerprint density at radius 3 is 2.64 bits per heavy atom. The average Bonchev–Trinajstić information content (AvgIpc) is 3.04. The Morgan fingerprint density at radius 2 is 1.88 bits per heavy atom. The molecule has 1 aromatic heterocycles. The topological polar surface area (TPSA) is 94.6 Å².